The molecule has 10 nitrogen and oxygen atoms in total. The highest BCUT2D eigenvalue weighted by Gasteiger charge is 2.48. The number of anilines is 1. The van der Waals surface area contributed by atoms with Crippen LogP contribution < -0.4 is 4.90 Å². The Bertz CT molecular complexity index is 2090. The second-order valence-electron chi connectivity index (χ2n) is 15.6. The third-order valence-corrected chi connectivity index (χ3v) is 12.8. The minimum atomic E-state index is -2.10. The molecule has 3 aromatic carbocycles. The summed E-state index contributed by atoms with van der Waals surface area (Å²) in [6.45, 7) is 6.12. The summed E-state index contributed by atoms with van der Waals surface area (Å²) in [5.41, 5.74) is 6.12. The topological polar surface area (TPSA) is 153 Å². The Morgan fingerprint density at radius 2 is 1.48 bits per heavy atom. The molecule has 2 aliphatic rings. The van der Waals surface area contributed by atoms with E-state index in [1.54, 1.807) is 0 Å². The maximum absolute atomic E-state index is 11.6. The predicted molar refractivity (Wildman–Crippen MR) is 232 cm³/mol. The Morgan fingerprint density at radius 1 is 0.793 bits per heavy atom. The summed E-state index contributed by atoms with van der Waals surface area (Å²) in [6.07, 6.45) is 21.7. The zero-order chi connectivity index (χ0) is 41.5. The number of hydrogen-bond donors (Lipinski definition) is 2. The van der Waals surface area contributed by atoms with E-state index >= 15 is 0 Å². The van der Waals surface area contributed by atoms with Gasteiger partial charge in [0.15, 0.2) is 5.71 Å². The van der Waals surface area contributed by atoms with Gasteiger partial charge in [-0.3, -0.25) is 18.5 Å². The number of aliphatic carboxylic acids is 1. The number of carboxylic acids is 1. The van der Waals surface area contributed by atoms with Crippen molar-refractivity contribution in [3.05, 3.63) is 120 Å². The van der Waals surface area contributed by atoms with E-state index in [-0.39, 0.29) is 23.3 Å². The maximum Gasteiger partial charge on any atom is 0.303 e. The standard InChI is InChI=1S/C46H58N2O8S2/c1-45(29-13-6-16-33-56-51)38-22-11-12-23-39(38)47(31-14-17-34-57(52)53)41(45)24-7-4-3-5-8-25-42-46(2,30-19-26-43(49)50)44-37-21-10-9-20-36(37)27-28-40(44)48(42)32-15-18-35-58(54)55/h3-5,7-12,20-25,27-28H,6,13-19,26,29-35H2,1-2H3,(H3-,49,50,51,52,53,54,55)/p-1. The molecule has 0 aromatic heterocycles. The fourth-order valence-electron chi connectivity index (χ4n) is 8.79. The van der Waals surface area contributed by atoms with Gasteiger partial charge in [-0.05, 0) is 93.3 Å². The normalized spacial score (nSPS) is 21.0. The number of carbonyl (C=O) groups is 1. The molecule has 12 heteroatoms. The first-order chi connectivity index (χ1) is 28.0. The lowest BCUT2D eigenvalue weighted by Crippen LogP contribution is -2.32. The molecule has 312 valence electrons. The molecule has 0 saturated carbocycles. The number of nitrogens with zero attached hydrogens (tertiary/aromatic N) is 2. The molecule has 2 heterocycles. The van der Waals surface area contributed by atoms with E-state index in [2.05, 4.69) is 88.9 Å². The van der Waals surface area contributed by atoms with Crippen molar-refractivity contribution in [2.75, 3.05) is 36.1 Å². The van der Waals surface area contributed by atoms with E-state index in [9.17, 15) is 27.4 Å². The van der Waals surface area contributed by atoms with Gasteiger partial charge in [-0.25, -0.2) is 4.89 Å². The zero-order valence-electron chi connectivity index (χ0n) is 33.7. The van der Waals surface area contributed by atoms with Gasteiger partial charge in [0, 0.05) is 65.4 Å². The summed E-state index contributed by atoms with van der Waals surface area (Å²) in [5, 5.41) is 20.6. The van der Waals surface area contributed by atoms with E-state index in [0.29, 0.717) is 51.8 Å². The smallest absolute Gasteiger partial charge is 0.303 e. The van der Waals surface area contributed by atoms with Crippen molar-refractivity contribution in [1.82, 2.24) is 0 Å². The van der Waals surface area contributed by atoms with Crippen LogP contribution in [0.15, 0.2) is 109 Å². The van der Waals surface area contributed by atoms with E-state index < -0.39 is 33.5 Å². The minimum absolute atomic E-state index is 0.0729. The molecule has 0 fully saturated rings. The van der Waals surface area contributed by atoms with Crippen LogP contribution in [0.1, 0.15) is 95.6 Å². The molecule has 0 saturated heterocycles. The molecule has 4 atom stereocenters. The fraction of sp³-hybridized carbons (Fsp3) is 0.435. The predicted octanol–water partition coefficient (Wildman–Crippen LogP) is 9.15. The lowest BCUT2D eigenvalue weighted by atomic mass is 9.73. The van der Waals surface area contributed by atoms with Crippen LogP contribution in [0.5, 0.6) is 0 Å². The molecule has 0 spiro atoms. The van der Waals surface area contributed by atoms with Gasteiger partial charge < -0.3 is 19.1 Å². The number of para-hydroxylation sites is 1. The number of fused-ring (bicyclic) bond motifs is 4. The van der Waals surface area contributed by atoms with Crippen LogP contribution in [-0.2, 0) is 42.7 Å². The van der Waals surface area contributed by atoms with Crippen LogP contribution in [0.25, 0.3) is 10.8 Å². The Hall–Kier alpha value is -4.04. The number of rotatable bonds is 24. The van der Waals surface area contributed by atoms with E-state index in [1.807, 2.05) is 42.5 Å². The summed E-state index contributed by atoms with van der Waals surface area (Å²) in [4.78, 5) is 18.3. The average molecular weight is 830 g/mol. The molecule has 58 heavy (non-hydrogen) atoms. The highest BCUT2D eigenvalue weighted by atomic mass is 32.2. The van der Waals surface area contributed by atoms with Crippen LogP contribution in [-0.4, -0.2) is 75.3 Å². The second-order valence-corrected chi connectivity index (χ2v) is 17.6. The quantitative estimate of drug-likeness (QED) is 0.0225. The summed E-state index contributed by atoms with van der Waals surface area (Å²) in [6, 6.07) is 21.0. The highest BCUT2D eigenvalue weighted by molar-refractivity contribution is 7.79. The Balaban J connectivity index is 1.44. The Kier molecular flexibility index (Phi) is 16.9. The third kappa shape index (κ3) is 11.2. The largest absolute Gasteiger partial charge is 0.772 e. The molecule has 2 aliphatic heterocycles. The van der Waals surface area contributed by atoms with Crippen molar-refractivity contribution in [3.63, 3.8) is 0 Å². The summed E-state index contributed by atoms with van der Waals surface area (Å²) in [5.74, 6) is -0.571. The molecule has 0 radical (unpaired) electrons. The lowest BCUT2D eigenvalue weighted by molar-refractivity contribution is -0.438. The van der Waals surface area contributed by atoms with Crippen molar-refractivity contribution < 1.29 is 42.1 Å². The molecule has 3 aromatic rings. The number of benzene rings is 3. The van der Waals surface area contributed by atoms with Crippen molar-refractivity contribution in [3.8, 4) is 0 Å². The van der Waals surface area contributed by atoms with Crippen molar-refractivity contribution in [2.24, 2.45) is 0 Å². The molecule has 2 N–H and O–H groups in total. The van der Waals surface area contributed by atoms with Gasteiger partial charge in [0.1, 0.15) is 6.54 Å². The van der Waals surface area contributed by atoms with Gasteiger partial charge in [-0.1, -0.05) is 108 Å². The van der Waals surface area contributed by atoms with Crippen molar-refractivity contribution in [1.29, 1.82) is 0 Å². The van der Waals surface area contributed by atoms with Gasteiger partial charge in [0.2, 0.25) is 5.69 Å². The molecule has 5 rings (SSSR count). The maximum atomic E-state index is 11.6. The van der Waals surface area contributed by atoms with Gasteiger partial charge in [0.25, 0.3) is 0 Å². The second kappa shape index (κ2) is 21.8. The number of allylic oxidation sites excluding steroid dienone is 8. The molecule has 4 unspecified atom stereocenters. The number of carboxylic acid groups (broad SMARTS) is 1. The number of hydrogen-bond acceptors (Lipinski definition) is 8. The monoisotopic (exact) mass is 829 g/mol. The molecular formula is C46H57N2O8S2-. The SMILES string of the molecule is CC1(CCCC(=O)O)C(/C=C/C=C/C=C/C=C2\N(CCCCS(=O)[O-])c3ccccc3C2(C)CCCCCOO)=[N+](CCCCS(=O)[O-])c2ccc3ccccc3c21. The van der Waals surface area contributed by atoms with E-state index in [4.69, 9.17) is 5.26 Å². The average Bonchev–Trinajstić information content (AvgIpc) is 3.58. The summed E-state index contributed by atoms with van der Waals surface area (Å²) < 4.78 is 47.4. The Morgan fingerprint density at radius 3 is 2.24 bits per heavy atom. The molecule has 0 amide bonds. The fourth-order valence-corrected chi connectivity index (χ4v) is 9.67. The first-order valence-corrected chi connectivity index (χ1v) is 22.9. The van der Waals surface area contributed by atoms with Gasteiger partial charge >= 0.3 is 5.97 Å². The van der Waals surface area contributed by atoms with Crippen LogP contribution in [0.4, 0.5) is 11.4 Å². The van der Waals surface area contributed by atoms with Crippen LogP contribution in [0.2, 0.25) is 0 Å². The summed E-state index contributed by atoms with van der Waals surface area (Å²) >= 11 is -4.17. The van der Waals surface area contributed by atoms with Crippen LogP contribution in [0.3, 0.4) is 0 Å². The first kappa shape index (κ1) is 45.1. The van der Waals surface area contributed by atoms with Gasteiger partial charge in [-0.15, -0.1) is 0 Å². The molecular weight excluding hydrogens is 773 g/mol. The zero-order valence-corrected chi connectivity index (χ0v) is 35.3. The number of unbranched alkanes of at least 4 members (excludes halogenated alkanes) is 4. The van der Waals surface area contributed by atoms with Crippen LogP contribution >= 0.6 is 0 Å². The lowest BCUT2D eigenvalue weighted by Gasteiger charge is -2.30. The third-order valence-electron chi connectivity index (χ3n) is 11.6. The summed E-state index contributed by atoms with van der Waals surface area (Å²) in [7, 11) is 0. The van der Waals surface area contributed by atoms with Crippen molar-refractivity contribution in [2.45, 2.75) is 95.3 Å². The van der Waals surface area contributed by atoms with Crippen molar-refractivity contribution >= 4 is 56.0 Å². The van der Waals surface area contributed by atoms with E-state index in [1.165, 1.54) is 11.1 Å². The van der Waals surface area contributed by atoms with Gasteiger partial charge in [0.05, 0.1) is 12.0 Å². The molecule has 0 aliphatic carbocycles. The Labute approximate surface area is 348 Å². The highest BCUT2D eigenvalue weighted by Crippen LogP contribution is 2.51. The van der Waals surface area contributed by atoms with Crippen LogP contribution in [0, 0.1) is 0 Å². The molecule has 0 bridgehead atoms. The minimum Gasteiger partial charge on any atom is -0.772 e. The first-order valence-electron chi connectivity index (χ1n) is 20.4. The van der Waals surface area contributed by atoms with Gasteiger partial charge in [-0.2, -0.15) is 4.58 Å². The van der Waals surface area contributed by atoms with E-state index in [0.717, 1.165) is 65.7 Å².